The summed E-state index contributed by atoms with van der Waals surface area (Å²) in [6.07, 6.45) is 1.00. The maximum Gasteiger partial charge on any atom is 0.326 e. The summed E-state index contributed by atoms with van der Waals surface area (Å²) < 4.78 is 0. The monoisotopic (exact) mass is 287 g/mol. The number of hydrogen-bond acceptors (Lipinski definition) is 3. The summed E-state index contributed by atoms with van der Waals surface area (Å²) in [6, 6.07) is -1.49. The van der Waals surface area contributed by atoms with Crippen molar-refractivity contribution in [3.05, 3.63) is 0 Å². The molecule has 0 saturated carbocycles. The van der Waals surface area contributed by atoms with Crippen molar-refractivity contribution in [3.8, 4) is 0 Å². The number of likely N-dealkylation sites (N-methyl/N-ethyl adjacent to an activating group) is 1. The number of urea groups is 1. The number of nitrogens with one attached hydrogen (secondary N) is 2. The normalized spacial score (nSPS) is 11.8. The van der Waals surface area contributed by atoms with E-state index in [4.69, 9.17) is 5.11 Å². The fraction of sp³-hybridized carbons (Fsp3) is 0.769. The Morgan fingerprint density at radius 2 is 1.85 bits per heavy atom. The standard InChI is InChI=1S/C13H25N3O4/c1-5-6-10(12(18)19)15-13(20)16(4)8-11(17)14-7-9(2)3/h9-10H,5-8H2,1-4H3,(H,14,17)(H,15,20)(H,18,19)/t10-/m0/s1. The number of rotatable bonds is 8. The summed E-state index contributed by atoms with van der Waals surface area (Å²) in [6.45, 7) is 6.22. The van der Waals surface area contributed by atoms with Gasteiger partial charge in [-0.1, -0.05) is 27.2 Å². The van der Waals surface area contributed by atoms with Crippen LogP contribution in [0.3, 0.4) is 0 Å². The van der Waals surface area contributed by atoms with Crippen molar-refractivity contribution < 1.29 is 19.5 Å². The minimum Gasteiger partial charge on any atom is -0.480 e. The molecule has 0 spiro atoms. The van der Waals surface area contributed by atoms with Gasteiger partial charge >= 0.3 is 12.0 Å². The molecule has 0 bridgehead atoms. The Kier molecular flexibility index (Phi) is 8.35. The van der Waals surface area contributed by atoms with Crippen LogP contribution in [0.25, 0.3) is 0 Å². The minimum atomic E-state index is -1.07. The van der Waals surface area contributed by atoms with Crippen molar-refractivity contribution in [1.82, 2.24) is 15.5 Å². The quantitative estimate of drug-likeness (QED) is 0.610. The number of carbonyl (C=O) groups is 3. The highest BCUT2D eigenvalue weighted by molar-refractivity contribution is 5.86. The van der Waals surface area contributed by atoms with Crippen molar-refractivity contribution in [2.24, 2.45) is 5.92 Å². The zero-order chi connectivity index (χ0) is 15.7. The number of carboxylic acid groups (broad SMARTS) is 1. The molecule has 0 unspecified atom stereocenters. The molecule has 3 amide bonds. The van der Waals surface area contributed by atoms with Crippen LogP contribution in [0.4, 0.5) is 4.79 Å². The van der Waals surface area contributed by atoms with Crippen LogP contribution in [0.15, 0.2) is 0 Å². The zero-order valence-corrected chi connectivity index (χ0v) is 12.6. The van der Waals surface area contributed by atoms with Gasteiger partial charge in [-0.25, -0.2) is 9.59 Å². The number of carbonyl (C=O) groups excluding carboxylic acids is 2. The van der Waals surface area contributed by atoms with Crippen molar-refractivity contribution in [2.45, 2.75) is 39.7 Å². The highest BCUT2D eigenvalue weighted by Gasteiger charge is 2.21. The van der Waals surface area contributed by atoms with Gasteiger partial charge in [0.1, 0.15) is 12.6 Å². The molecule has 0 aromatic carbocycles. The van der Waals surface area contributed by atoms with Gasteiger partial charge in [-0.3, -0.25) is 4.79 Å². The first-order chi connectivity index (χ1) is 9.27. The van der Waals surface area contributed by atoms with Crippen molar-refractivity contribution in [2.75, 3.05) is 20.1 Å². The third-order valence-corrected chi connectivity index (χ3v) is 2.61. The molecule has 0 aromatic rings. The highest BCUT2D eigenvalue weighted by Crippen LogP contribution is 1.98. The van der Waals surface area contributed by atoms with Crippen LogP contribution in [0.1, 0.15) is 33.6 Å². The van der Waals surface area contributed by atoms with E-state index in [1.807, 2.05) is 20.8 Å². The van der Waals surface area contributed by atoms with E-state index in [9.17, 15) is 14.4 Å². The van der Waals surface area contributed by atoms with E-state index in [0.29, 0.717) is 25.3 Å². The second-order valence-electron chi connectivity index (χ2n) is 5.18. The number of carboxylic acids is 1. The van der Waals surface area contributed by atoms with Gasteiger partial charge in [0.25, 0.3) is 0 Å². The second kappa shape index (κ2) is 9.17. The Morgan fingerprint density at radius 3 is 2.30 bits per heavy atom. The lowest BCUT2D eigenvalue weighted by Crippen LogP contribution is -2.49. The van der Waals surface area contributed by atoms with Gasteiger partial charge < -0.3 is 20.6 Å². The molecular formula is C13H25N3O4. The number of aliphatic carboxylic acids is 1. The van der Waals surface area contributed by atoms with E-state index >= 15 is 0 Å². The molecule has 7 heteroatoms. The van der Waals surface area contributed by atoms with Crippen molar-refractivity contribution in [3.63, 3.8) is 0 Å². The predicted octanol–water partition coefficient (Wildman–Crippen LogP) is 0.653. The topological polar surface area (TPSA) is 98.7 Å². The predicted molar refractivity (Wildman–Crippen MR) is 75.3 cm³/mol. The average molecular weight is 287 g/mol. The summed E-state index contributed by atoms with van der Waals surface area (Å²) in [5, 5.41) is 14.0. The third kappa shape index (κ3) is 7.60. The van der Waals surface area contributed by atoms with Crippen LogP contribution in [0.2, 0.25) is 0 Å². The molecule has 20 heavy (non-hydrogen) atoms. The maximum atomic E-state index is 11.8. The van der Waals surface area contributed by atoms with Gasteiger partial charge in [0, 0.05) is 13.6 Å². The Balaban J connectivity index is 4.26. The molecule has 116 valence electrons. The lowest BCUT2D eigenvalue weighted by Gasteiger charge is -2.21. The third-order valence-electron chi connectivity index (χ3n) is 2.61. The SMILES string of the molecule is CCC[C@H](NC(=O)N(C)CC(=O)NCC(C)C)C(=O)O. The smallest absolute Gasteiger partial charge is 0.326 e. The van der Waals surface area contributed by atoms with Crippen LogP contribution in [0.5, 0.6) is 0 Å². The lowest BCUT2D eigenvalue weighted by molar-refractivity contribution is -0.139. The minimum absolute atomic E-state index is 0.100. The molecule has 0 aliphatic carbocycles. The van der Waals surface area contributed by atoms with Gasteiger partial charge in [0.15, 0.2) is 0 Å². The Bertz CT molecular complexity index is 345. The molecular weight excluding hydrogens is 262 g/mol. The lowest BCUT2D eigenvalue weighted by atomic mass is 10.2. The first-order valence-electron chi connectivity index (χ1n) is 6.79. The van der Waals surface area contributed by atoms with Crippen LogP contribution in [0, 0.1) is 5.92 Å². The first-order valence-corrected chi connectivity index (χ1v) is 6.79. The molecule has 0 aliphatic heterocycles. The molecule has 0 aliphatic rings. The first kappa shape index (κ1) is 18.2. The average Bonchev–Trinajstić information content (AvgIpc) is 2.35. The second-order valence-corrected chi connectivity index (χ2v) is 5.18. The van der Waals surface area contributed by atoms with Crippen LogP contribution < -0.4 is 10.6 Å². The zero-order valence-electron chi connectivity index (χ0n) is 12.6. The maximum absolute atomic E-state index is 11.8. The molecule has 0 rings (SSSR count). The van der Waals surface area contributed by atoms with Crippen LogP contribution in [-0.4, -0.2) is 54.1 Å². The van der Waals surface area contributed by atoms with E-state index in [0.717, 1.165) is 0 Å². The Hall–Kier alpha value is -1.79. The number of nitrogens with zero attached hydrogens (tertiary/aromatic N) is 1. The van der Waals surface area contributed by atoms with Crippen LogP contribution >= 0.6 is 0 Å². The summed E-state index contributed by atoms with van der Waals surface area (Å²) in [5.41, 5.74) is 0. The van der Waals surface area contributed by atoms with E-state index in [-0.39, 0.29) is 12.5 Å². The summed E-state index contributed by atoms with van der Waals surface area (Å²) >= 11 is 0. The van der Waals surface area contributed by atoms with E-state index in [2.05, 4.69) is 10.6 Å². The van der Waals surface area contributed by atoms with E-state index in [1.54, 1.807) is 0 Å². The summed E-state index contributed by atoms with van der Waals surface area (Å²) in [5.74, 6) is -1.00. The van der Waals surface area contributed by atoms with Crippen molar-refractivity contribution in [1.29, 1.82) is 0 Å². The molecule has 1 atom stereocenters. The van der Waals surface area contributed by atoms with E-state index < -0.39 is 18.0 Å². The summed E-state index contributed by atoms with van der Waals surface area (Å²) in [4.78, 5) is 35.4. The Labute approximate surface area is 119 Å². The van der Waals surface area contributed by atoms with Gasteiger partial charge in [0.05, 0.1) is 0 Å². The molecule has 0 fully saturated rings. The van der Waals surface area contributed by atoms with E-state index in [1.165, 1.54) is 11.9 Å². The largest absolute Gasteiger partial charge is 0.480 e. The van der Waals surface area contributed by atoms with Gasteiger partial charge in [-0.15, -0.1) is 0 Å². The summed E-state index contributed by atoms with van der Waals surface area (Å²) in [7, 11) is 1.45. The van der Waals surface area contributed by atoms with Gasteiger partial charge in [-0.05, 0) is 12.3 Å². The fourth-order valence-electron chi connectivity index (χ4n) is 1.47. The molecule has 3 N–H and O–H groups in total. The molecule has 0 saturated heterocycles. The van der Waals surface area contributed by atoms with Gasteiger partial charge in [0.2, 0.25) is 5.91 Å². The van der Waals surface area contributed by atoms with Crippen LogP contribution in [-0.2, 0) is 9.59 Å². The Morgan fingerprint density at radius 1 is 1.25 bits per heavy atom. The highest BCUT2D eigenvalue weighted by atomic mass is 16.4. The fourth-order valence-corrected chi connectivity index (χ4v) is 1.47. The molecule has 0 heterocycles. The number of hydrogen-bond donors (Lipinski definition) is 3. The molecule has 7 nitrogen and oxygen atoms in total. The van der Waals surface area contributed by atoms with Gasteiger partial charge in [-0.2, -0.15) is 0 Å². The number of amides is 3. The van der Waals surface area contributed by atoms with Crippen molar-refractivity contribution >= 4 is 17.9 Å². The molecule has 0 aromatic heterocycles. The molecule has 0 radical (unpaired) electrons.